The molecule has 1 aromatic carbocycles. The van der Waals surface area contributed by atoms with Crippen LogP contribution in [-0.2, 0) is 20.1 Å². The van der Waals surface area contributed by atoms with Crippen molar-refractivity contribution in [3.8, 4) is 0 Å². The van der Waals surface area contributed by atoms with E-state index in [0.29, 0.717) is 0 Å². The van der Waals surface area contributed by atoms with Gasteiger partial charge in [-0.2, -0.15) is 0 Å². The molecular weight excluding hydrogens is 316 g/mol. The standard InChI is InChI=1S/C8H6N2.Ir/c1-2-4-8-7(3-1)9-5-6-10-8;/h1-6H;/q;+3. The fourth-order valence-corrected chi connectivity index (χ4v) is 0.910. The van der Waals surface area contributed by atoms with E-state index < -0.39 is 0 Å². The van der Waals surface area contributed by atoms with Crippen LogP contribution in [0.5, 0.6) is 0 Å². The number of rotatable bonds is 0. The molecule has 2 rings (SSSR count). The average molecular weight is 322 g/mol. The normalized spacial score (nSPS) is 9.09. The minimum atomic E-state index is 0. The molecule has 1 aromatic heterocycles. The summed E-state index contributed by atoms with van der Waals surface area (Å²) in [4.78, 5) is 8.24. The van der Waals surface area contributed by atoms with Gasteiger partial charge in [0.25, 0.3) is 0 Å². The Balaban J connectivity index is 0.000000605. The number of benzene rings is 1. The van der Waals surface area contributed by atoms with Crippen molar-refractivity contribution in [2.45, 2.75) is 0 Å². The summed E-state index contributed by atoms with van der Waals surface area (Å²) < 4.78 is 0. The van der Waals surface area contributed by atoms with Gasteiger partial charge in [0.15, 0.2) is 0 Å². The third-order valence-corrected chi connectivity index (χ3v) is 1.38. The molecule has 0 unspecified atom stereocenters. The summed E-state index contributed by atoms with van der Waals surface area (Å²) in [5.41, 5.74) is 1.90. The number of fused-ring (bicyclic) bond motifs is 1. The number of aromatic nitrogens is 2. The van der Waals surface area contributed by atoms with E-state index in [-0.39, 0.29) is 20.1 Å². The molecule has 3 heteroatoms. The molecule has 0 aliphatic carbocycles. The van der Waals surface area contributed by atoms with Crippen LogP contribution in [0.1, 0.15) is 0 Å². The molecule has 1 heterocycles. The Kier molecular flexibility index (Phi) is 2.69. The summed E-state index contributed by atoms with van der Waals surface area (Å²) in [6, 6.07) is 7.80. The number of nitrogens with zero attached hydrogens (tertiary/aromatic N) is 2. The second-order valence-corrected chi connectivity index (χ2v) is 2.05. The first-order valence-electron chi connectivity index (χ1n) is 3.12. The maximum atomic E-state index is 4.12. The van der Waals surface area contributed by atoms with Crippen LogP contribution in [0.25, 0.3) is 11.0 Å². The molecule has 0 aliphatic heterocycles. The fraction of sp³-hybridized carbons (Fsp3) is 0. The van der Waals surface area contributed by atoms with Crippen molar-refractivity contribution < 1.29 is 20.1 Å². The average Bonchev–Trinajstić information content (AvgIpc) is 2.05. The monoisotopic (exact) mass is 323 g/mol. The Morgan fingerprint density at radius 2 is 1.27 bits per heavy atom. The van der Waals surface area contributed by atoms with E-state index in [2.05, 4.69) is 9.97 Å². The smallest absolute Gasteiger partial charge is 0.253 e. The summed E-state index contributed by atoms with van der Waals surface area (Å²) >= 11 is 0. The largest absolute Gasteiger partial charge is 3.00 e. The van der Waals surface area contributed by atoms with Gasteiger partial charge in [-0.3, -0.25) is 9.97 Å². The van der Waals surface area contributed by atoms with E-state index in [1.54, 1.807) is 12.4 Å². The topological polar surface area (TPSA) is 25.8 Å². The molecule has 0 radical (unpaired) electrons. The van der Waals surface area contributed by atoms with Crippen LogP contribution in [0, 0.1) is 0 Å². The molecule has 0 amide bonds. The fourth-order valence-electron chi connectivity index (χ4n) is 0.910. The Morgan fingerprint density at radius 3 is 1.73 bits per heavy atom. The van der Waals surface area contributed by atoms with E-state index in [9.17, 15) is 0 Å². The van der Waals surface area contributed by atoms with Gasteiger partial charge in [-0.1, -0.05) is 12.1 Å². The zero-order valence-corrected chi connectivity index (χ0v) is 8.09. The minimum Gasteiger partial charge on any atom is -0.253 e. The molecule has 0 spiro atoms. The molecule has 54 valence electrons. The van der Waals surface area contributed by atoms with Crippen LogP contribution in [-0.4, -0.2) is 9.97 Å². The van der Waals surface area contributed by atoms with Crippen molar-refractivity contribution in [3.63, 3.8) is 0 Å². The molecule has 2 aromatic rings. The Morgan fingerprint density at radius 1 is 0.818 bits per heavy atom. The van der Waals surface area contributed by atoms with Crippen LogP contribution < -0.4 is 0 Å². The molecule has 0 saturated heterocycles. The van der Waals surface area contributed by atoms with E-state index in [1.165, 1.54) is 0 Å². The van der Waals surface area contributed by atoms with Crippen molar-refractivity contribution in [2.24, 2.45) is 0 Å². The Bertz CT molecular complexity index is 283. The van der Waals surface area contributed by atoms with Gasteiger partial charge in [-0.05, 0) is 12.1 Å². The van der Waals surface area contributed by atoms with Crippen molar-refractivity contribution >= 4 is 11.0 Å². The quantitative estimate of drug-likeness (QED) is 0.737. The minimum absolute atomic E-state index is 0. The second-order valence-electron chi connectivity index (χ2n) is 2.05. The van der Waals surface area contributed by atoms with E-state index in [4.69, 9.17) is 0 Å². The van der Waals surface area contributed by atoms with E-state index in [1.807, 2.05) is 24.3 Å². The summed E-state index contributed by atoms with van der Waals surface area (Å²) in [5.74, 6) is 0. The number of hydrogen-bond donors (Lipinski definition) is 0. The molecule has 0 fully saturated rings. The van der Waals surface area contributed by atoms with E-state index in [0.717, 1.165) is 11.0 Å². The number of hydrogen-bond acceptors (Lipinski definition) is 2. The SMILES string of the molecule is [Ir+3].c1ccc2nccnc2c1. The first-order chi connectivity index (χ1) is 4.97. The molecule has 0 N–H and O–H groups in total. The maximum Gasteiger partial charge on any atom is 3.00 e. The first kappa shape index (κ1) is 8.31. The van der Waals surface area contributed by atoms with Crippen molar-refractivity contribution in [2.75, 3.05) is 0 Å². The zero-order chi connectivity index (χ0) is 6.81. The van der Waals surface area contributed by atoms with Gasteiger partial charge in [0, 0.05) is 12.4 Å². The van der Waals surface area contributed by atoms with Gasteiger partial charge in [0.1, 0.15) is 0 Å². The van der Waals surface area contributed by atoms with Gasteiger partial charge in [-0.25, -0.2) is 0 Å². The Hall–Kier alpha value is -0.791. The third-order valence-electron chi connectivity index (χ3n) is 1.38. The predicted octanol–water partition coefficient (Wildman–Crippen LogP) is 1.63. The molecule has 11 heavy (non-hydrogen) atoms. The molecule has 0 atom stereocenters. The summed E-state index contributed by atoms with van der Waals surface area (Å²) in [7, 11) is 0. The van der Waals surface area contributed by atoms with Crippen molar-refractivity contribution in [1.29, 1.82) is 0 Å². The van der Waals surface area contributed by atoms with Crippen molar-refractivity contribution in [1.82, 2.24) is 9.97 Å². The van der Waals surface area contributed by atoms with Gasteiger partial charge in [-0.15, -0.1) is 0 Å². The van der Waals surface area contributed by atoms with Gasteiger partial charge < -0.3 is 0 Å². The molecule has 2 nitrogen and oxygen atoms in total. The van der Waals surface area contributed by atoms with Gasteiger partial charge in [0.2, 0.25) is 0 Å². The van der Waals surface area contributed by atoms with Crippen LogP contribution in [0.2, 0.25) is 0 Å². The summed E-state index contributed by atoms with van der Waals surface area (Å²) in [6.07, 6.45) is 3.39. The first-order valence-corrected chi connectivity index (χ1v) is 3.12. The Labute approximate surface area is 78.0 Å². The van der Waals surface area contributed by atoms with Gasteiger partial charge >= 0.3 is 20.1 Å². The van der Waals surface area contributed by atoms with Crippen LogP contribution in [0.4, 0.5) is 0 Å². The zero-order valence-electron chi connectivity index (χ0n) is 5.69. The van der Waals surface area contributed by atoms with Gasteiger partial charge in [0.05, 0.1) is 11.0 Å². The van der Waals surface area contributed by atoms with Crippen LogP contribution in [0.3, 0.4) is 0 Å². The molecule has 0 aliphatic rings. The second kappa shape index (κ2) is 3.56. The van der Waals surface area contributed by atoms with Crippen LogP contribution in [0.15, 0.2) is 36.7 Å². The van der Waals surface area contributed by atoms with E-state index >= 15 is 0 Å². The summed E-state index contributed by atoms with van der Waals surface area (Å²) in [5, 5.41) is 0. The molecule has 0 saturated carbocycles. The number of para-hydroxylation sites is 2. The summed E-state index contributed by atoms with van der Waals surface area (Å²) in [6.45, 7) is 0. The maximum absolute atomic E-state index is 4.12. The predicted molar refractivity (Wildman–Crippen MR) is 39.5 cm³/mol. The third kappa shape index (κ3) is 1.62. The molecular formula is C8H6IrN2+3. The van der Waals surface area contributed by atoms with Crippen LogP contribution >= 0.6 is 0 Å². The van der Waals surface area contributed by atoms with Crippen molar-refractivity contribution in [3.05, 3.63) is 36.7 Å². The molecule has 0 bridgehead atoms.